The Bertz CT molecular complexity index is 551. The van der Waals surface area contributed by atoms with Crippen molar-refractivity contribution in [3.63, 3.8) is 0 Å². The third kappa shape index (κ3) is 1.92. The van der Waals surface area contributed by atoms with Gasteiger partial charge < -0.3 is 14.4 Å². The third-order valence-corrected chi connectivity index (χ3v) is 4.75. The van der Waals surface area contributed by atoms with Crippen LogP contribution in [0.1, 0.15) is 29.8 Å². The highest BCUT2D eigenvalue weighted by molar-refractivity contribution is 5.94. The van der Waals surface area contributed by atoms with Gasteiger partial charge in [-0.05, 0) is 31.4 Å². The van der Waals surface area contributed by atoms with Crippen LogP contribution in [0.25, 0.3) is 0 Å². The lowest BCUT2D eigenvalue weighted by atomic mass is 9.78. The first kappa shape index (κ1) is 13.2. The Kier molecular flexibility index (Phi) is 3.07. The summed E-state index contributed by atoms with van der Waals surface area (Å²) in [5.74, 6) is 0.251. The molecule has 0 unspecified atom stereocenters. The highest BCUT2D eigenvalue weighted by atomic mass is 16.2. The number of carbonyl (C=O) groups excluding carboxylic acids is 2. The highest BCUT2D eigenvalue weighted by Crippen LogP contribution is 2.40. The second-order valence-electron chi connectivity index (χ2n) is 6.09. The fourth-order valence-corrected chi connectivity index (χ4v) is 3.54. The number of piperidine rings is 1. The topological polar surface area (TPSA) is 45.5 Å². The molecule has 0 bridgehead atoms. The molecule has 1 aromatic rings. The van der Waals surface area contributed by atoms with Crippen molar-refractivity contribution in [3.05, 3.63) is 24.0 Å². The molecule has 0 radical (unpaired) electrons. The predicted molar refractivity (Wildman–Crippen MR) is 75.2 cm³/mol. The van der Waals surface area contributed by atoms with Crippen molar-refractivity contribution in [2.75, 3.05) is 26.7 Å². The molecule has 1 aromatic heterocycles. The molecule has 2 saturated heterocycles. The SMILES string of the molecule is CN1CCC[C@]2(CCN(C(=O)c3cccn3C)C2)C1=O. The van der Waals surface area contributed by atoms with Gasteiger partial charge in [-0.3, -0.25) is 9.59 Å². The number of hydrogen-bond acceptors (Lipinski definition) is 2. The van der Waals surface area contributed by atoms with Crippen molar-refractivity contribution < 1.29 is 9.59 Å². The van der Waals surface area contributed by atoms with Gasteiger partial charge in [0.15, 0.2) is 0 Å². The van der Waals surface area contributed by atoms with Crippen LogP contribution in [0.5, 0.6) is 0 Å². The van der Waals surface area contributed by atoms with Crippen LogP contribution in [0.3, 0.4) is 0 Å². The fourth-order valence-electron chi connectivity index (χ4n) is 3.54. The number of likely N-dealkylation sites (tertiary alicyclic amines) is 2. The first-order chi connectivity index (χ1) is 9.53. The van der Waals surface area contributed by atoms with Gasteiger partial charge in [0.1, 0.15) is 5.69 Å². The quantitative estimate of drug-likeness (QED) is 0.770. The molecule has 3 rings (SSSR count). The van der Waals surface area contributed by atoms with Gasteiger partial charge in [-0.1, -0.05) is 0 Å². The Labute approximate surface area is 119 Å². The number of amides is 2. The normalized spacial score (nSPS) is 26.6. The first-order valence-corrected chi connectivity index (χ1v) is 7.20. The average Bonchev–Trinajstić information content (AvgIpc) is 3.03. The Balaban J connectivity index is 1.78. The van der Waals surface area contributed by atoms with Gasteiger partial charge in [0.05, 0.1) is 5.41 Å². The highest BCUT2D eigenvalue weighted by Gasteiger charge is 2.48. The van der Waals surface area contributed by atoms with Gasteiger partial charge >= 0.3 is 0 Å². The zero-order valence-electron chi connectivity index (χ0n) is 12.1. The summed E-state index contributed by atoms with van der Waals surface area (Å²) in [6.07, 6.45) is 4.62. The minimum absolute atomic E-state index is 0.0374. The third-order valence-electron chi connectivity index (χ3n) is 4.75. The van der Waals surface area contributed by atoms with Crippen molar-refractivity contribution in [3.8, 4) is 0 Å². The maximum atomic E-state index is 12.5. The molecule has 108 valence electrons. The summed E-state index contributed by atoms with van der Waals surface area (Å²) in [5.41, 5.74) is 0.368. The molecular weight excluding hydrogens is 254 g/mol. The fraction of sp³-hybridized carbons (Fsp3) is 0.600. The predicted octanol–water partition coefficient (Wildman–Crippen LogP) is 1.11. The van der Waals surface area contributed by atoms with E-state index < -0.39 is 0 Å². The monoisotopic (exact) mass is 275 g/mol. The molecule has 5 heteroatoms. The average molecular weight is 275 g/mol. The molecule has 0 aromatic carbocycles. The van der Waals surface area contributed by atoms with Gasteiger partial charge in [-0.25, -0.2) is 0 Å². The summed E-state index contributed by atoms with van der Waals surface area (Å²) in [4.78, 5) is 28.6. The van der Waals surface area contributed by atoms with Crippen molar-refractivity contribution in [1.82, 2.24) is 14.4 Å². The number of hydrogen-bond donors (Lipinski definition) is 0. The van der Waals surface area contributed by atoms with Crippen LogP contribution < -0.4 is 0 Å². The minimum Gasteiger partial charge on any atom is -0.347 e. The van der Waals surface area contributed by atoms with Crippen LogP contribution in [0.15, 0.2) is 18.3 Å². The van der Waals surface area contributed by atoms with Crippen molar-refractivity contribution in [2.45, 2.75) is 19.3 Å². The molecule has 1 atom stereocenters. The van der Waals surface area contributed by atoms with Gasteiger partial charge in [0.2, 0.25) is 5.91 Å². The zero-order chi connectivity index (χ0) is 14.3. The standard InChI is InChI=1S/C15H21N3O2/c1-16-8-3-5-12(16)13(19)18-10-7-15(11-18)6-4-9-17(2)14(15)20/h3,5,8H,4,6-7,9-11H2,1-2H3/t15-/m1/s1. The summed E-state index contributed by atoms with van der Waals surface area (Å²) in [7, 11) is 3.74. The van der Waals surface area contributed by atoms with E-state index in [0.717, 1.165) is 25.8 Å². The zero-order valence-corrected chi connectivity index (χ0v) is 12.1. The molecule has 0 N–H and O–H groups in total. The van der Waals surface area contributed by atoms with Gasteiger partial charge in [0, 0.05) is 39.9 Å². The molecule has 20 heavy (non-hydrogen) atoms. The van der Waals surface area contributed by atoms with Crippen LogP contribution in [0.4, 0.5) is 0 Å². The van der Waals surface area contributed by atoms with Crippen LogP contribution in [0.2, 0.25) is 0 Å². The van der Waals surface area contributed by atoms with E-state index in [0.29, 0.717) is 18.8 Å². The molecule has 2 aliphatic heterocycles. The van der Waals surface area contributed by atoms with Gasteiger partial charge in [-0.15, -0.1) is 0 Å². The number of carbonyl (C=O) groups is 2. The minimum atomic E-state index is -0.326. The Morgan fingerprint density at radius 3 is 2.75 bits per heavy atom. The van der Waals surface area contributed by atoms with Gasteiger partial charge in [0.25, 0.3) is 5.91 Å². The lowest BCUT2D eigenvalue weighted by molar-refractivity contribution is -0.143. The molecule has 2 amide bonds. The van der Waals surface area contributed by atoms with E-state index in [-0.39, 0.29) is 17.2 Å². The van der Waals surface area contributed by atoms with E-state index in [1.807, 2.05) is 46.8 Å². The van der Waals surface area contributed by atoms with E-state index in [9.17, 15) is 9.59 Å². The Morgan fingerprint density at radius 2 is 2.05 bits per heavy atom. The molecular formula is C15H21N3O2. The molecule has 0 saturated carbocycles. The summed E-state index contributed by atoms with van der Waals surface area (Å²) in [6.45, 7) is 2.09. The number of nitrogens with zero attached hydrogens (tertiary/aromatic N) is 3. The number of aromatic nitrogens is 1. The Hall–Kier alpha value is -1.78. The summed E-state index contributed by atoms with van der Waals surface area (Å²) < 4.78 is 1.84. The summed E-state index contributed by atoms with van der Waals surface area (Å²) in [5, 5.41) is 0. The number of aryl methyl sites for hydroxylation is 1. The molecule has 2 fully saturated rings. The lowest BCUT2D eigenvalue weighted by Gasteiger charge is -2.37. The lowest BCUT2D eigenvalue weighted by Crippen LogP contribution is -2.48. The van der Waals surface area contributed by atoms with E-state index >= 15 is 0 Å². The van der Waals surface area contributed by atoms with Gasteiger partial charge in [-0.2, -0.15) is 0 Å². The maximum Gasteiger partial charge on any atom is 0.270 e. The second-order valence-corrected chi connectivity index (χ2v) is 6.09. The molecule has 0 aliphatic carbocycles. The van der Waals surface area contributed by atoms with E-state index in [2.05, 4.69) is 0 Å². The maximum absolute atomic E-state index is 12.5. The smallest absolute Gasteiger partial charge is 0.270 e. The van der Waals surface area contributed by atoms with Crippen molar-refractivity contribution >= 4 is 11.8 Å². The van der Waals surface area contributed by atoms with E-state index in [4.69, 9.17) is 0 Å². The van der Waals surface area contributed by atoms with Crippen LogP contribution in [-0.2, 0) is 11.8 Å². The molecule has 3 heterocycles. The Morgan fingerprint density at radius 1 is 1.25 bits per heavy atom. The summed E-state index contributed by atoms with van der Waals surface area (Å²) in [6, 6.07) is 3.71. The number of rotatable bonds is 1. The first-order valence-electron chi connectivity index (χ1n) is 7.20. The van der Waals surface area contributed by atoms with Crippen LogP contribution in [-0.4, -0.2) is 52.9 Å². The molecule has 1 spiro atoms. The molecule has 2 aliphatic rings. The second kappa shape index (κ2) is 4.65. The van der Waals surface area contributed by atoms with Crippen LogP contribution >= 0.6 is 0 Å². The van der Waals surface area contributed by atoms with E-state index in [1.165, 1.54) is 0 Å². The molecule has 5 nitrogen and oxygen atoms in total. The van der Waals surface area contributed by atoms with Crippen molar-refractivity contribution in [1.29, 1.82) is 0 Å². The van der Waals surface area contributed by atoms with Crippen LogP contribution in [0, 0.1) is 5.41 Å². The van der Waals surface area contributed by atoms with E-state index in [1.54, 1.807) is 0 Å². The largest absolute Gasteiger partial charge is 0.347 e. The summed E-state index contributed by atoms with van der Waals surface area (Å²) >= 11 is 0. The van der Waals surface area contributed by atoms with Crippen molar-refractivity contribution in [2.24, 2.45) is 12.5 Å².